The van der Waals surface area contributed by atoms with E-state index in [0.717, 1.165) is 22.5 Å². The van der Waals surface area contributed by atoms with Gasteiger partial charge in [0.15, 0.2) is 0 Å². The molecule has 2 N–H and O–H groups in total. The lowest BCUT2D eigenvalue weighted by molar-refractivity contribution is 0.402. The number of nitrogens with one attached hydrogen (secondary N) is 2. The number of hydrogen-bond acceptors (Lipinski definition) is 6. The van der Waals surface area contributed by atoms with Gasteiger partial charge < -0.3 is 10.1 Å². The molecule has 0 aliphatic heterocycles. The lowest BCUT2D eigenvalue weighted by Gasteiger charge is -2.14. The minimum Gasteiger partial charge on any atom is -0.495 e. The third-order valence-electron chi connectivity index (χ3n) is 4.42. The Bertz CT molecular complexity index is 1140. The van der Waals surface area contributed by atoms with Gasteiger partial charge in [-0.05, 0) is 75.2 Å². The van der Waals surface area contributed by atoms with Crippen LogP contribution >= 0.6 is 0 Å². The Morgan fingerprint density at radius 2 is 1.48 bits per heavy atom. The summed E-state index contributed by atoms with van der Waals surface area (Å²) in [5, 5.41) is 3.11. The van der Waals surface area contributed by atoms with E-state index in [2.05, 4.69) is 20.0 Å². The van der Waals surface area contributed by atoms with E-state index in [1.54, 1.807) is 30.3 Å². The summed E-state index contributed by atoms with van der Waals surface area (Å²) in [6.45, 7) is 7.55. The molecule has 0 saturated heterocycles. The van der Waals surface area contributed by atoms with E-state index in [9.17, 15) is 8.42 Å². The monoisotopic (exact) mass is 412 g/mol. The minimum atomic E-state index is -3.83. The van der Waals surface area contributed by atoms with Gasteiger partial charge in [-0.1, -0.05) is 6.07 Å². The lowest BCUT2D eigenvalue weighted by atomic mass is 10.1. The first-order valence-corrected chi connectivity index (χ1v) is 10.5. The molecule has 0 spiro atoms. The Kier molecular flexibility index (Phi) is 5.74. The Balaban J connectivity index is 1.89. The summed E-state index contributed by atoms with van der Waals surface area (Å²) in [7, 11) is -2.38. The maximum Gasteiger partial charge on any atom is 0.265 e. The van der Waals surface area contributed by atoms with Crippen molar-refractivity contribution in [1.29, 1.82) is 0 Å². The highest BCUT2D eigenvalue weighted by molar-refractivity contribution is 7.92. The number of methoxy groups -OCH3 is 1. The van der Waals surface area contributed by atoms with Gasteiger partial charge in [-0.3, -0.25) is 4.72 Å². The fraction of sp³-hybridized carbons (Fsp3) is 0.238. The summed E-state index contributed by atoms with van der Waals surface area (Å²) in [4.78, 5) is 8.79. The molecule has 0 fully saturated rings. The first-order valence-electron chi connectivity index (χ1n) is 9.05. The number of ether oxygens (including phenoxy) is 1. The Morgan fingerprint density at radius 1 is 0.862 bits per heavy atom. The van der Waals surface area contributed by atoms with Gasteiger partial charge >= 0.3 is 0 Å². The number of anilines is 3. The summed E-state index contributed by atoms with van der Waals surface area (Å²) >= 11 is 0. The predicted molar refractivity (Wildman–Crippen MR) is 115 cm³/mol. The molecule has 0 atom stereocenters. The minimum absolute atomic E-state index is 0.0964. The Labute approximate surface area is 171 Å². The van der Waals surface area contributed by atoms with Crippen molar-refractivity contribution in [2.45, 2.75) is 32.6 Å². The van der Waals surface area contributed by atoms with Crippen LogP contribution in [0.1, 0.15) is 22.5 Å². The quantitative estimate of drug-likeness (QED) is 0.628. The van der Waals surface area contributed by atoms with E-state index in [4.69, 9.17) is 4.74 Å². The van der Waals surface area contributed by atoms with Crippen LogP contribution in [0.15, 0.2) is 47.4 Å². The highest BCUT2D eigenvalue weighted by Crippen LogP contribution is 2.29. The number of nitrogens with zero attached hydrogens (tertiary/aromatic N) is 2. The van der Waals surface area contributed by atoms with Crippen LogP contribution in [0, 0.1) is 27.7 Å². The maximum atomic E-state index is 13.0. The number of benzene rings is 2. The summed E-state index contributed by atoms with van der Waals surface area (Å²) in [6, 6.07) is 12.1. The topological polar surface area (TPSA) is 93.2 Å². The Hall–Kier alpha value is -3.13. The van der Waals surface area contributed by atoms with Crippen LogP contribution in [-0.2, 0) is 10.0 Å². The molecule has 0 aliphatic carbocycles. The normalized spacial score (nSPS) is 11.2. The molecular weight excluding hydrogens is 388 g/mol. The summed E-state index contributed by atoms with van der Waals surface area (Å²) in [5.41, 5.74) is 4.60. The molecule has 3 rings (SSSR count). The lowest BCUT2D eigenvalue weighted by Crippen LogP contribution is -2.14. The molecule has 152 valence electrons. The van der Waals surface area contributed by atoms with Crippen LogP contribution in [0.4, 0.5) is 17.3 Å². The van der Waals surface area contributed by atoms with Gasteiger partial charge in [0, 0.05) is 17.1 Å². The van der Waals surface area contributed by atoms with Gasteiger partial charge in [-0.2, -0.15) is 0 Å². The van der Waals surface area contributed by atoms with Crippen molar-refractivity contribution in [3.05, 3.63) is 65.0 Å². The molecule has 2 aromatic carbocycles. The van der Waals surface area contributed by atoms with E-state index in [-0.39, 0.29) is 4.90 Å². The average molecular weight is 413 g/mol. The van der Waals surface area contributed by atoms with Crippen molar-refractivity contribution < 1.29 is 13.2 Å². The standard InChI is InChI=1S/C21H24N4O3S/c1-13-9-19(28-5)20(10-14(13)2)29(26,27)25-18-8-6-7-17(12-18)24-21-22-15(3)11-16(4)23-21/h6-12,25H,1-5H3,(H,22,23,24). The second-order valence-electron chi connectivity index (χ2n) is 6.87. The second-order valence-corrected chi connectivity index (χ2v) is 8.52. The second kappa shape index (κ2) is 8.08. The molecule has 3 aromatic rings. The van der Waals surface area contributed by atoms with Crippen LogP contribution < -0.4 is 14.8 Å². The summed E-state index contributed by atoms with van der Waals surface area (Å²) in [6.07, 6.45) is 0. The molecule has 29 heavy (non-hydrogen) atoms. The third kappa shape index (κ3) is 4.83. The molecule has 1 heterocycles. The van der Waals surface area contributed by atoms with Gasteiger partial charge in [0.1, 0.15) is 10.6 Å². The number of aryl methyl sites for hydroxylation is 4. The van der Waals surface area contributed by atoms with Gasteiger partial charge in [0.2, 0.25) is 5.95 Å². The highest BCUT2D eigenvalue weighted by atomic mass is 32.2. The van der Waals surface area contributed by atoms with Gasteiger partial charge in [0.05, 0.1) is 12.8 Å². The van der Waals surface area contributed by atoms with Crippen LogP contribution in [0.25, 0.3) is 0 Å². The van der Waals surface area contributed by atoms with Crippen LogP contribution in [-0.4, -0.2) is 25.5 Å². The molecule has 1 aromatic heterocycles. The first kappa shape index (κ1) is 20.6. The van der Waals surface area contributed by atoms with Crippen LogP contribution in [0.2, 0.25) is 0 Å². The molecule has 0 radical (unpaired) electrons. The number of sulfonamides is 1. The van der Waals surface area contributed by atoms with Crippen molar-refractivity contribution in [2.75, 3.05) is 17.1 Å². The maximum absolute atomic E-state index is 13.0. The van der Waals surface area contributed by atoms with Crippen LogP contribution in [0.3, 0.4) is 0 Å². The number of aromatic nitrogens is 2. The first-order chi connectivity index (χ1) is 13.7. The van der Waals surface area contributed by atoms with Crippen molar-refractivity contribution in [1.82, 2.24) is 9.97 Å². The number of rotatable bonds is 6. The van der Waals surface area contributed by atoms with Crippen molar-refractivity contribution in [2.24, 2.45) is 0 Å². The van der Waals surface area contributed by atoms with Gasteiger partial charge in [0.25, 0.3) is 10.0 Å². The molecule has 0 unspecified atom stereocenters. The zero-order valence-corrected chi connectivity index (χ0v) is 17.9. The summed E-state index contributed by atoms with van der Waals surface area (Å²) < 4.78 is 33.8. The zero-order valence-electron chi connectivity index (χ0n) is 17.1. The summed E-state index contributed by atoms with van der Waals surface area (Å²) in [5.74, 6) is 0.761. The average Bonchev–Trinajstić information content (AvgIpc) is 2.62. The fourth-order valence-corrected chi connectivity index (χ4v) is 4.20. The molecule has 7 nitrogen and oxygen atoms in total. The molecule has 0 bridgehead atoms. The van der Waals surface area contributed by atoms with Crippen molar-refractivity contribution >= 4 is 27.3 Å². The molecule has 0 aliphatic rings. The van der Waals surface area contributed by atoms with Gasteiger partial charge in [-0.15, -0.1) is 0 Å². The van der Waals surface area contributed by atoms with E-state index in [1.165, 1.54) is 7.11 Å². The molecular formula is C21H24N4O3S. The van der Waals surface area contributed by atoms with Crippen molar-refractivity contribution in [3.63, 3.8) is 0 Å². The molecule has 8 heteroatoms. The van der Waals surface area contributed by atoms with E-state index in [1.807, 2.05) is 39.8 Å². The predicted octanol–water partition coefficient (Wildman–Crippen LogP) is 4.26. The van der Waals surface area contributed by atoms with E-state index >= 15 is 0 Å². The van der Waals surface area contributed by atoms with Crippen molar-refractivity contribution in [3.8, 4) is 5.75 Å². The largest absolute Gasteiger partial charge is 0.495 e. The van der Waals surface area contributed by atoms with Gasteiger partial charge in [-0.25, -0.2) is 18.4 Å². The third-order valence-corrected chi connectivity index (χ3v) is 5.83. The Morgan fingerprint density at radius 3 is 2.14 bits per heavy atom. The van der Waals surface area contributed by atoms with Crippen LogP contribution in [0.5, 0.6) is 5.75 Å². The van der Waals surface area contributed by atoms with E-state index in [0.29, 0.717) is 23.1 Å². The number of hydrogen-bond donors (Lipinski definition) is 2. The SMILES string of the molecule is COc1cc(C)c(C)cc1S(=O)(=O)Nc1cccc(Nc2nc(C)cc(C)n2)c1. The highest BCUT2D eigenvalue weighted by Gasteiger charge is 2.21. The molecule has 0 amide bonds. The smallest absolute Gasteiger partial charge is 0.265 e. The molecule has 0 saturated carbocycles. The zero-order chi connectivity index (χ0) is 21.2. The fourth-order valence-electron chi connectivity index (χ4n) is 2.91. The van der Waals surface area contributed by atoms with E-state index < -0.39 is 10.0 Å².